The van der Waals surface area contributed by atoms with Crippen LogP contribution in [0.25, 0.3) is 0 Å². The molecule has 1 saturated heterocycles. The predicted octanol–water partition coefficient (Wildman–Crippen LogP) is 1.76. The van der Waals surface area contributed by atoms with Crippen molar-refractivity contribution in [3.63, 3.8) is 0 Å². The Bertz CT molecular complexity index is 789. The third kappa shape index (κ3) is 3.79. The minimum atomic E-state index is -0.782. The molecule has 1 aromatic heterocycles. The average molecular weight is 366 g/mol. The van der Waals surface area contributed by atoms with Gasteiger partial charge in [0.05, 0.1) is 12.7 Å². The molecule has 1 aromatic carbocycles. The first kappa shape index (κ1) is 17.3. The molecule has 1 atom stereocenters. The van der Waals surface area contributed by atoms with Gasteiger partial charge >= 0.3 is 0 Å². The maximum absolute atomic E-state index is 13.3. The van der Waals surface area contributed by atoms with Crippen LogP contribution in [0, 0.1) is 11.7 Å². The van der Waals surface area contributed by atoms with Gasteiger partial charge in [0.25, 0.3) is 0 Å². The average Bonchev–Trinajstić information content (AvgIpc) is 3.18. The van der Waals surface area contributed by atoms with E-state index in [4.69, 9.17) is 11.6 Å². The van der Waals surface area contributed by atoms with E-state index in [-0.39, 0.29) is 17.5 Å². The van der Waals surface area contributed by atoms with Crippen molar-refractivity contribution in [3.8, 4) is 0 Å². The number of aromatic nitrogens is 3. The van der Waals surface area contributed by atoms with Crippen LogP contribution in [-0.4, -0.2) is 33.4 Å². The van der Waals surface area contributed by atoms with Crippen LogP contribution in [0.1, 0.15) is 18.9 Å². The quantitative estimate of drug-likeness (QED) is 0.819. The van der Waals surface area contributed by atoms with Gasteiger partial charge in [0.15, 0.2) is 5.82 Å². The van der Waals surface area contributed by atoms with Crippen molar-refractivity contribution in [2.24, 2.45) is 5.92 Å². The van der Waals surface area contributed by atoms with Gasteiger partial charge in [-0.2, -0.15) is 9.90 Å². The molecule has 0 unspecified atom stereocenters. The number of hydrogen-bond donors (Lipinski definition) is 1. The Morgan fingerprint density at radius 2 is 2.24 bits per heavy atom. The summed E-state index contributed by atoms with van der Waals surface area (Å²) in [6.07, 6.45) is 1.91. The van der Waals surface area contributed by atoms with E-state index in [1.54, 1.807) is 6.07 Å². The first-order valence-corrected chi connectivity index (χ1v) is 8.30. The summed E-state index contributed by atoms with van der Waals surface area (Å²) in [5.74, 6) is -1.51. The first-order valence-electron chi connectivity index (χ1n) is 7.92. The fourth-order valence-corrected chi connectivity index (χ4v) is 2.98. The van der Waals surface area contributed by atoms with Crippen LogP contribution in [0.5, 0.6) is 0 Å². The molecule has 0 radical (unpaired) electrons. The van der Waals surface area contributed by atoms with E-state index in [1.165, 1.54) is 28.0 Å². The second-order valence-electron chi connectivity index (χ2n) is 5.72. The fraction of sp³-hybridized carbons (Fsp3) is 0.375. The summed E-state index contributed by atoms with van der Waals surface area (Å²) in [4.78, 5) is 27.7. The molecule has 132 valence electrons. The number of carbonyl (C=O) groups is 2. The molecule has 1 fully saturated rings. The molecular formula is C16H17ClFN5O2. The molecule has 0 bridgehead atoms. The topological polar surface area (TPSA) is 80.1 Å². The van der Waals surface area contributed by atoms with Gasteiger partial charge in [0.2, 0.25) is 11.8 Å². The number of benzene rings is 1. The Hall–Kier alpha value is -2.48. The third-order valence-corrected chi connectivity index (χ3v) is 4.21. The SMILES string of the molecule is CCn1ncc(N2CC[C@H](C(=O)NCc3cc(F)cc(Cl)c3)C2=O)n1. The van der Waals surface area contributed by atoms with Gasteiger partial charge in [-0.1, -0.05) is 11.6 Å². The zero-order chi connectivity index (χ0) is 18.0. The Balaban J connectivity index is 1.62. The number of anilines is 1. The molecule has 2 aromatic rings. The van der Waals surface area contributed by atoms with Crippen LogP contribution in [0.3, 0.4) is 0 Å². The smallest absolute Gasteiger partial charge is 0.240 e. The van der Waals surface area contributed by atoms with Crippen molar-refractivity contribution >= 4 is 29.2 Å². The Morgan fingerprint density at radius 3 is 2.92 bits per heavy atom. The lowest BCUT2D eigenvalue weighted by molar-refractivity contribution is -0.132. The number of carbonyl (C=O) groups excluding carboxylic acids is 2. The van der Waals surface area contributed by atoms with Crippen LogP contribution in [0.2, 0.25) is 5.02 Å². The van der Waals surface area contributed by atoms with E-state index < -0.39 is 17.6 Å². The van der Waals surface area contributed by atoms with Gasteiger partial charge in [-0.15, -0.1) is 5.10 Å². The van der Waals surface area contributed by atoms with Gasteiger partial charge in [0.1, 0.15) is 11.7 Å². The van der Waals surface area contributed by atoms with Crippen molar-refractivity contribution in [3.05, 3.63) is 40.8 Å². The number of aryl methyl sites for hydroxylation is 1. The largest absolute Gasteiger partial charge is 0.351 e. The lowest BCUT2D eigenvalue weighted by atomic mass is 10.1. The summed E-state index contributed by atoms with van der Waals surface area (Å²) >= 11 is 5.79. The zero-order valence-corrected chi connectivity index (χ0v) is 14.3. The summed E-state index contributed by atoms with van der Waals surface area (Å²) in [5.41, 5.74) is 0.534. The van der Waals surface area contributed by atoms with Gasteiger partial charge in [-0.3, -0.25) is 14.5 Å². The van der Waals surface area contributed by atoms with Gasteiger partial charge < -0.3 is 5.32 Å². The molecule has 7 nitrogen and oxygen atoms in total. The summed E-state index contributed by atoms with van der Waals surface area (Å²) in [7, 11) is 0. The highest BCUT2D eigenvalue weighted by Crippen LogP contribution is 2.23. The number of amides is 2. The van der Waals surface area contributed by atoms with E-state index in [1.807, 2.05) is 6.92 Å². The number of hydrogen-bond acceptors (Lipinski definition) is 4. The lowest BCUT2D eigenvalue weighted by Gasteiger charge is -2.13. The second-order valence-corrected chi connectivity index (χ2v) is 6.15. The monoisotopic (exact) mass is 365 g/mol. The molecule has 2 amide bonds. The lowest BCUT2D eigenvalue weighted by Crippen LogP contribution is -2.36. The van der Waals surface area contributed by atoms with Gasteiger partial charge in [-0.25, -0.2) is 4.39 Å². The van der Waals surface area contributed by atoms with Crippen molar-refractivity contribution in [1.82, 2.24) is 20.3 Å². The van der Waals surface area contributed by atoms with Crippen LogP contribution in [0.15, 0.2) is 24.4 Å². The Kier molecular flexibility index (Phi) is 4.98. The van der Waals surface area contributed by atoms with Gasteiger partial charge in [-0.05, 0) is 37.1 Å². The normalized spacial score (nSPS) is 17.2. The summed E-state index contributed by atoms with van der Waals surface area (Å²) in [6, 6.07) is 4.05. The molecule has 0 spiro atoms. The second kappa shape index (κ2) is 7.18. The predicted molar refractivity (Wildman–Crippen MR) is 89.4 cm³/mol. The van der Waals surface area contributed by atoms with Crippen molar-refractivity contribution in [2.45, 2.75) is 26.4 Å². The molecule has 0 saturated carbocycles. The van der Waals surface area contributed by atoms with E-state index in [0.29, 0.717) is 30.9 Å². The highest BCUT2D eigenvalue weighted by Gasteiger charge is 2.38. The molecule has 9 heteroatoms. The van der Waals surface area contributed by atoms with Crippen molar-refractivity contribution in [2.75, 3.05) is 11.4 Å². The van der Waals surface area contributed by atoms with Gasteiger partial charge in [0, 0.05) is 18.1 Å². The highest BCUT2D eigenvalue weighted by atomic mass is 35.5. The molecule has 0 aliphatic carbocycles. The Morgan fingerprint density at radius 1 is 1.44 bits per heavy atom. The molecular weight excluding hydrogens is 349 g/mol. The first-order chi connectivity index (χ1) is 12.0. The van der Waals surface area contributed by atoms with Crippen LogP contribution >= 0.6 is 11.6 Å². The number of rotatable bonds is 5. The Labute approximate surface area is 148 Å². The minimum Gasteiger partial charge on any atom is -0.351 e. The standard InChI is InChI=1S/C16H17ClFN5O2/c1-2-23-20-9-14(21-23)22-4-3-13(16(22)25)15(24)19-8-10-5-11(17)7-12(18)6-10/h5-7,9,13H,2-4,8H2,1H3,(H,19,24)/t13-/m1/s1. The van der Waals surface area contributed by atoms with E-state index in [0.717, 1.165) is 0 Å². The summed E-state index contributed by atoms with van der Waals surface area (Å²) < 4.78 is 13.3. The molecule has 2 heterocycles. The van der Waals surface area contributed by atoms with Crippen molar-refractivity contribution < 1.29 is 14.0 Å². The van der Waals surface area contributed by atoms with Crippen LogP contribution < -0.4 is 10.2 Å². The number of nitrogens with zero attached hydrogens (tertiary/aromatic N) is 4. The van der Waals surface area contributed by atoms with E-state index in [9.17, 15) is 14.0 Å². The molecule has 3 rings (SSSR count). The minimum absolute atomic E-state index is 0.103. The maximum atomic E-state index is 13.3. The van der Waals surface area contributed by atoms with Crippen molar-refractivity contribution in [1.29, 1.82) is 0 Å². The van der Waals surface area contributed by atoms with Crippen LogP contribution in [-0.2, 0) is 22.7 Å². The third-order valence-electron chi connectivity index (χ3n) is 3.99. The maximum Gasteiger partial charge on any atom is 0.240 e. The highest BCUT2D eigenvalue weighted by molar-refractivity contribution is 6.30. The fourth-order valence-electron chi connectivity index (χ4n) is 2.74. The van der Waals surface area contributed by atoms with E-state index >= 15 is 0 Å². The number of halogens is 2. The van der Waals surface area contributed by atoms with E-state index in [2.05, 4.69) is 15.5 Å². The summed E-state index contributed by atoms with van der Waals surface area (Å²) in [5, 5.41) is 11.1. The zero-order valence-electron chi connectivity index (χ0n) is 13.6. The summed E-state index contributed by atoms with van der Waals surface area (Å²) in [6.45, 7) is 3.00. The molecule has 1 aliphatic heterocycles. The molecule has 25 heavy (non-hydrogen) atoms. The molecule has 1 N–H and O–H groups in total. The molecule has 1 aliphatic rings. The number of nitrogens with one attached hydrogen (secondary N) is 1. The van der Waals surface area contributed by atoms with Crippen LogP contribution in [0.4, 0.5) is 10.2 Å².